The zero-order valence-corrected chi connectivity index (χ0v) is 10.9. The predicted molar refractivity (Wildman–Crippen MR) is 64.4 cm³/mol. The van der Waals surface area contributed by atoms with Gasteiger partial charge in [0.1, 0.15) is 16.4 Å². The second-order valence-electron chi connectivity index (χ2n) is 4.44. The molecule has 2 heterocycles. The van der Waals surface area contributed by atoms with Gasteiger partial charge in [-0.25, -0.2) is 13.1 Å². The fraction of sp³-hybridized carbons (Fsp3) is 0.636. The Morgan fingerprint density at radius 2 is 2.24 bits per heavy atom. The standard InChI is InChI=1S/C11H18N2O3S/c1-8-6-11(9(2)16-8)17(14,15)13-10-4-3-5-12-7-10/h6,10,12-13H,3-5,7H2,1-2H3. The minimum absolute atomic E-state index is 0.0247. The van der Waals surface area contributed by atoms with E-state index in [0.29, 0.717) is 18.1 Å². The van der Waals surface area contributed by atoms with Crippen LogP contribution in [-0.4, -0.2) is 27.5 Å². The molecular weight excluding hydrogens is 240 g/mol. The maximum absolute atomic E-state index is 12.1. The third-order valence-corrected chi connectivity index (χ3v) is 4.53. The summed E-state index contributed by atoms with van der Waals surface area (Å²) in [5.41, 5.74) is 0. The smallest absolute Gasteiger partial charge is 0.244 e. The highest BCUT2D eigenvalue weighted by Gasteiger charge is 2.25. The van der Waals surface area contributed by atoms with E-state index in [1.54, 1.807) is 19.9 Å². The van der Waals surface area contributed by atoms with Crippen LogP contribution in [0.4, 0.5) is 0 Å². The van der Waals surface area contributed by atoms with E-state index in [2.05, 4.69) is 10.0 Å². The lowest BCUT2D eigenvalue weighted by Gasteiger charge is -2.23. The monoisotopic (exact) mass is 258 g/mol. The van der Waals surface area contributed by atoms with Crippen molar-refractivity contribution in [2.75, 3.05) is 13.1 Å². The maximum atomic E-state index is 12.1. The Labute approximate surface area is 102 Å². The first-order valence-corrected chi connectivity index (χ1v) is 7.27. The molecule has 96 valence electrons. The van der Waals surface area contributed by atoms with Crippen molar-refractivity contribution < 1.29 is 12.8 Å². The summed E-state index contributed by atoms with van der Waals surface area (Å²) in [7, 11) is -3.45. The van der Waals surface area contributed by atoms with Gasteiger partial charge >= 0.3 is 0 Å². The predicted octanol–water partition coefficient (Wildman–Crippen LogP) is 0.927. The molecule has 2 rings (SSSR count). The topological polar surface area (TPSA) is 71.3 Å². The SMILES string of the molecule is Cc1cc(S(=O)(=O)NC2CCCNC2)c(C)o1. The second kappa shape index (κ2) is 4.80. The highest BCUT2D eigenvalue weighted by atomic mass is 32.2. The summed E-state index contributed by atoms with van der Waals surface area (Å²) in [5.74, 6) is 1.06. The fourth-order valence-corrected chi connectivity index (χ4v) is 3.62. The zero-order valence-electron chi connectivity index (χ0n) is 10.1. The maximum Gasteiger partial charge on any atom is 0.244 e. The summed E-state index contributed by atoms with van der Waals surface area (Å²) in [6.07, 6.45) is 1.87. The lowest BCUT2D eigenvalue weighted by atomic mass is 10.1. The summed E-state index contributed by atoms with van der Waals surface area (Å²) in [5, 5.41) is 3.18. The molecule has 1 aromatic heterocycles. The van der Waals surface area contributed by atoms with Crippen LogP contribution in [-0.2, 0) is 10.0 Å². The molecule has 2 N–H and O–H groups in total. The molecule has 1 aromatic rings. The Morgan fingerprint density at radius 1 is 1.47 bits per heavy atom. The number of furan rings is 1. The first-order chi connectivity index (χ1) is 7.99. The first-order valence-electron chi connectivity index (χ1n) is 5.79. The van der Waals surface area contributed by atoms with Crippen LogP contribution in [0.5, 0.6) is 0 Å². The molecule has 0 radical (unpaired) electrons. The molecule has 0 aromatic carbocycles. The molecule has 1 saturated heterocycles. The molecule has 0 amide bonds. The molecule has 17 heavy (non-hydrogen) atoms. The van der Waals surface area contributed by atoms with Crippen molar-refractivity contribution in [3.05, 3.63) is 17.6 Å². The van der Waals surface area contributed by atoms with Gasteiger partial charge in [0, 0.05) is 12.6 Å². The molecule has 0 saturated carbocycles. The molecule has 0 aliphatic carbocycles. The van der Waals surface area contributed by atoms with E-state index in [0.717, 1.165) is 19.4 Å². The number of nitrogens with one attached hydrogen (secondary N) is 2. The molecule has 1 aliphatic rings. The van der Waals surface area contributed by atoms with Crippen molar-refractivity contribution in [3.63, 3.8) is 0 Å². The molecule has 1 fully saturated rings. The largest absolute Gasteiger partial charge is 0.465 e. The van der Waals surface area contributed by atoms with Crippen LogP contribution in [0.3, 0.4) is 0 Å². The van der Waals surface area contributed by atoms with E-state index in [1.807, 2.05) is 0 Å². The molecule has 5 nitrogen and oxygen atoms in total. The molecular formula is C11H18N2O3S. The Morgan fingerprint density at radius 3 is 2.76 bits per heavy atom. The van der Waals surface area contributed by atoms with Gasteiger partial charge in [0.05, 0.1) is 0 Å². The average molecular weight is 258 g/mol. The van der Waals surface area contributed by atoms with Gasteiger partial charge in [-0.2, -0.15) is 0 Å². The minimum Gasteiger partial charge on any atom is -0.465 e. The van der Waals surface area contributed by atoms with Gasteiger partial charge < -0.3 is 9.73 Å². The van der Waals surface area contributed by atoms with Gasteiger partial charge in [0.15, 0.2) is 0 Å². The van der Waals surface area contributed by atoms with Crippen LogP contribution in [0, 0.1) is 13.8 Å². The fourth-order valence-electron chi connectivity index (χ4n) is 2.11. The Balaban J connectivity index is 2.15. The Hall–Kier alpha value is -0.850. The van der Waals surface area contributed by atoms with Gasteiger partial charge in [0.2, 0.25) is 10.0 Å². The number of rotatable bonds is 3. The lowest BCUT2D eigenvalue weighted by Crippen LogP contribution is -2.45. The lowest BCUT2D eigenvalue weighted by molar-refractivity contribution is 0.428. The van der Waals surface area contributed by atoms with Gasteiger partial charge in [0.25, 0.3) is 0 Å². The number of hydrogen-bond donors (Lipinski definition) is 2. The summed E-state index contributed by atoms with van der Waals surface area (Å²) in [4.78, 5) is 0.251. The molecule has 0 bridgehead atoms. The van der Waals surface area contributed by atoms with E-state index < -0.39 is 10.0 Å². The number of piperidine rings is 1. The summed E-state index contributed by atoms with van der Waals surface area (Å²) >= 11 is 0. The van der Waals surface area contributed by atoms with Crippen molar-refractivity contribution in [2.45, 2.75) is 37.6 Å². The average Bonchev–Trinajstić information content (AvgIpc) is 2.59. The zero-order chi connectivity index (χ0) is 12.5. The van der Waals surface area contributed by atoms with Crippen LogP contribution >= 0.6 is 0 Å². The van der Waals surface area contributed by atoms with Crippen molar-refractivity contribution in [3.8, 4) is 0 Å². The van der Waals surface area contributed by atoms with Crippen LogP contribution < -0.4 is 10.0 Å². The number of sulfonamides is 1. The Bertz CT molecular complexity index is 487. The minimum atomic E-state index is -3.45. The number of aryl methyl sites for hydroxylation is 2. The van der Waals surface area contributed by atoms with E-state index in [-0.39, 0.29) is 10.9 Å². The number of hydrogen-bond acceptors (Lipinski definition) is 4. The highest BCUT2D eigenvalue weighted by Crippen LogP contribution is 2.20. The van der Waals surface area contributed by atoms with Gasteiger partial charge in [-0.05, 0) is 39.3 Å². The third-order valence-electron chi connectivity index (χ3n) is 2.90. The van der Waals surface area contributed by atoms with E-state index in [1.165, 1.54) is 0 Å². The summed E-state index contributed by atoms with van der Waals surface area (Å²) in [6.45, 7) is 5.06. The molecule has 6 heteroatoms. The van der Waals surface area contributed by atoms with Crippen molar-refractivity contribution in [1.29, 1.82) is 0 Å². The van der Waals surface area contributed by atoms with E-state index >= 15 is 0 Å². The molecule has 1 unspecified atom stereocenters. The quantitative estimate of drug-likeness (QED) is 0.846. The van der Waals surface area contributed by atoms with Crippen LogP contribution in [0.15, 0.2) is 15.4 Å². The van der Waals surface area contributed by atoms with Gasteiger partial charge in [-0.15, -0.1) is 0 Å². The summed E-state index contributed by atoms with van der Waals surface area (Å²) < 4.78 is 32.2. The van der Waals surface area contributed by atoms with Gasteiger partial charge in [-0.1, -0.05) is 0 Å². The third kappa shape index (κ3) is 2.88. The van der Waals surface area contributed by atoms with Gasteiger partial charge in [-0.3, -0.25) is 0 Å². The second-order valence-corrected chi connectivity index (χ2v) is 6.12. The van der Waals surface area contributed by atoms with Crippen molar-refractivity contribution in [1.82, 2.24) is 10.0 Å². The van der Waals surface area contributed by atoms with Crippen LogP contribution in [0.2, 0.25) is 0 Å². The normalized spacial score (nSPS) is 21.6. The highest BCUT2D eigenvalue weighted by molar-refractivity contribution is 7.89. The Kier molecular flexibility index (Phi) is 3.56. The van der Waals surface area contributed by atoms with Crippen LogP contribution in [0.1, 0.15) is 24.4 Å². The molecule has 0 spiro atoms. The van der Waals surface area contributed by atoms with E-state index in [4.69, 9.17) is 4.42 Å². The van der Waals surface area contributed by atoms with E-state index in [9.17, 15) is 8.42 Å². The van der Waals surface area contributed by atoms with Crippen molar-refractivity contribution in [2.24, 2.45) is 0 Å². The van der Waals surface area contributed by atoms with Crippen molar-refractivity contribution >= 4 is 10.0 Å². The molecule has 1 atom stereocenters. The summed E-state index contributed by atoms with van der Waals surface area (Å²) in [6, 6.07) is 1.54. The molecule has 1 aliphatic heterocycles. The first kappa shape index (κ1) is 12.6. The van der Waals surface area contributed by atoms with Crippen LogP contribution in [0.25, 0.3) is 0 Å².